The number of aromatic amines is 1. The molecular weight excluding hydrogens is 349 g/mol. The van der Waals surface area contributed by atoms with Gasteiger partial charge in [0.05, 0.1) is 16.2 Å². The maximum atomic E-state index is 13.7. The standard InChI is InChI=1S/C16H14FN3O2S2/c17-14-9-5-4-8-13(14)15-18-16(20-19-15)23-10-11-24(21,22)12-6-2-1-3-7-12/h1-9H,10-11H2,(H,18,19,20). The second-order valence-electron chi connectivity index (χ2n) is 4.93. The lowest BCUT2D eigenvalue weighted by molar-refractivity contribution is 0.597. The number of aromatic nitrogens is 3. The van der Waals surface area contributed by atoms with Gasteiger partial charge < -0.3 is 0 Å². The highest BCUT2D eigenvalue weighted by Gasteiger charge is 2.15. The highest BCUT2D eigenvalue weighted by atomic mass is 32.2. The molecule has 0 saturated carbocycles. The van der Waals surface area contributed by atoms with Crippen molar-refractivity contribution in [2.75, 3.05) is 11.5 Å². The van der Waals surface area contributed by atoms with Gasteiger partial charge in [-0.05, 0) is 24.3 Å². The fraction of sp³-hybridized carbons (Fsp3) is 0.125. The lowest BCUT2D eigenvalue weighted by atomic mass is 10.2. The molecule has 0 unspecified atom stereocenters. The number of rotatable bonds is 6. The van der Waals surface area contributed by atoms with Crippen molar-refractivity contribution >= 4 is 21.6 Å². The average Bonchev–Trinajstić information content (AvgIpc) is 3.04. The Bertz CT molecular complexity index is 927. The maximum absolute atomic E-state index is 13.7. The predicted molar refractivity (Wildman–Crippen MR) is 91.0 cm³/mol. The molecule has 124 valence electrons. The van der Waals surface area contributed by atoms with Crippen LogP contribution in [0.1, 0.15) is 0 Å². The second-order valence-corrected chi connectivity index (χ2v) is 8.10. The summed E-state index contributed by atoms with van der Waals surface area (Å²) in [6.45, 7) is 0. The number of nitrogens with one attached hydrogen (secondary N) is 1. The quantitative estimate of drug-likeness (QED) is 0.681. The Morgan fingerprint density at radius 2 is 1.75 bits per heavy atom. The van der Waals surface area contributed by atoms with Crippen LogP contribution in [0.5, 0.6) is 0 Å². The molecule has 1 aromatic heterocycles. The highest BCUT2D eigenvalue weighted by Crippen LogP contribution is 2.22. The molecule has 0 spiro atoms. The van der Waals surface area contributed by atoms with Crippen LogP contribution in [0.4, 0.5) is 4.39 Å². The number of benzene rings is 2. The lowest BCUT2D eigenvalue weighted by Gasteiger charge is -2.02. The Morgan fingerprint density at radius 3 is 2.50 bits per heavy atom. The van der Waals surface area contributed by atoms with Crippen molar-refractivity contribution in [2.45, 2.75) is 10.1 Å². The monoisotopic (exact) mass is 363 g/mol. The number of hydrogen-bond donors (Lipinski definition) is 1. The summed E-state index contributed by atoms with van der Waals surface area (Å²) in [7, 11) is -3.33. The van der Waals surface area contributed by atoms with Gasteiger partial charge in [-0.1, -0.05) is 42.1 Å². The van der Waals surface area contributed by atoms with Crippen LogP contribution < -0.4 is 0 Å². The fourth-order valence-corrected chi connectivity index (χ4v) is 4.54. The van der Waals surface area contributed by atoms with E-state index in [1.807, 2.05) is 0 Å². The molecule has 0 aliphatic heterocycles. The molecule has 0 fully saturated rings. The molecule has 24 heavy (non-hydrogen) atoms. The molecule has 0 aliphatic carbocycles. The van der Waals surface area contributed by atoms with Crippen molar-refractivity contribution in [2.24, 2.45) is 0 Å². The Morgan fingerprint density at radius 1 is 1.04 bits per heavy atom. The van der Waals surface area contributed by atoms with E-state index in [0.29, 0.717) is 27.2 Å². The normalized spacial score (nSPS) is 11.5. The number of halogens is 1. The molecular formula is C16H14FN3O2S2. The molecule has 0 atom stereocenters. The first-order valence-corrected chi connectivity index (χ1v) is 9.78. The lowest BCUT2D eigenvalue weighted by Crippen LogP contribution is -2.08. The van der Waals surface area contributed by atoms with E-state index >= 15 is 0 Å². The predicted octanol–water partition coefficient (Wildman–Crippen LogP) is 3.18. The summed E-state index contributed by atoms with van der Waals surface area (Å²) in [6, 6.07) is 14.5. The Labute approximate surface area is 143 Å². The summed E-state index contributed by atoms with van der Waals surface area (Å²) in [5.74, 6) is 0.218. The zero-order valence-electron chi connectivity index (χ0n) is 12.5. The zero-order valence-corrected chi connectivity index (χ0v) is 14.1. The summed E-state index contributed by atoms with van der Waals surface area (Å²) in [6.07, 6.45) is 0. The van der Waals surface area contributed by atoms with Crippen LogP contribution in [0.25, 0.3) is 11.4 Å². The van der Waals surface area contributed by atoms with Gasteiger partial charge in [0.25, 0.3) is 0 Å². The first-order valence-electron chi connectivity index (χ1n) is 7.14. The van der Waals surface area contributed by atoms with E-state index in [1.165, 1.54) is 17.8 Å². The van der Waals surface area contributed by atoms with Crippen LogP contribution in [0.3, 0.4) is 0 Å². The van der Waals surface area contributed by atoms with Crippen LogP contribution in [-0.4, -0.2) is 35.1 Å². The van der Waals surface area contributed by atoms with Gasteiger partial charge >= 0.3 is 0 Å². The molecule has 2 aromatic carbocycles. The molecule has 0 saturated heterocycles. The van der Waals surface area contributed by atoms with Crippen LogP contribution in [0.2, 0.25) is 0 Å². The highest BCUT2D eigenvalue weighted by molar-refractivity contribution is 8.00. The Kier molecular flexibility index (Phi) is 4.96. The third kappa shape index (κ3) is 3.82. The van der Waals surface area contributed by atoms with Gasteiger partial charge in [-0.15, -0.1) is 5.10 Å². The number of H-pyrrole nitrogens is 1. The van der Waals surface area contributed by atoms with E-state index in [4.69, 9.17) is 0 Å². The minimum atomic E-state index is -3.33. The molecule has 8 heteroatoms. The molecule has 0 amide bonds. The number of thioether (sulfide) groups is 1. The molecule has 3 rings (SSSR count). The third-order valence-corrected chi connectivity index (χ3v) is 6.12. The Balaban J connectivity index is 1.63. The van der Waals surface area contributed by atoms with E-state index in [1.54, 1.807) is 48.5 Å². The van der Waals surface area contributed by atoms with Gasteiger partial charge in [-0.2, -0.15) is 0 Å². The molecule has 0 bridgehead atoms. The van der Waals surface area contributed by atoms with Gasteiger partial charge in [0.2, 0.25) is 5.16 Å². The molecule has 0 aliphatic rings. The smallest absolute Gasteiger partial charge is 0.208 e. The summed E-state index contributed by atoms with van der Waals surface area (Å²) >= 11 is 1.21. The van der Waals surface area contributed by atoms with Crippen molar-refractivity contribution in [3.63, 3.8) is 0 Å². The van der Waals surface area contributed by atoms with Crippen molar-refractivity contribution in [3.05, 3.63) is 60.4 Å². The van der Waals surface area contributed by atoms with Gasteiger partial charge in [-0.25, -0.2) is 17.8 Å². The topological polar surface area (TPSA) is 75.7 Å². The maximum Gasteiger partial charge on any atom is 0.208 e. The van der Waals surface area contributed by atoms with E-state index in [9.17, 15) is 12.8 Å². The van der Waals surface area contributed by atoms with Crippen LogP contribution in [-0.2, 0) is 9.84 Å². The number of hydrogen-bond acceptors (Lipinski definition) is 5. The molecule has 0 radical (unpaired) electrons. The van der Waals surface area contributed by atoms with Gasteiger partial charge in [-0.3, -0.25) is 5.10 Å². The number of sulfone groups is 1. The first kappa shape index (κ1) is 16.7. The van der Waals surface area contributed by atoms with Crippen molar-refractivity contribution in [1.82, 2.24) is 15.2 Å². The Hall–Kier alpha value is -2.19. The minimum absolute atomic E-state index is 0.0226. The third-order valence-electron chi connectivity index (χ3n) is 3.28. The minimum Gasteiger partial charge on any atom is -0.258 e. The van der Waals surface area contributed by atoms with E-state index < -0.39 is 15.7 Å². The number of nitrogens with zero attached hydrogens (tertiary/aromatic N) is 2. The molecule has 3 aromatic rings. The summed E-state index contributed by atoms with van der Waals surface area (Å²) in [5, 5.41) is 7.05. The SMILES string of the molecule is O=S(=O)(CCSc1n[nH]c(-c2ccccc2F)n1)c1ccccc1. The average molecular weight is 363 g/mol. The van der Waals surface area contributed by atoms with Crippen LogP contribution in [0, 0.1) is 5.82 Å². The van der Waals surface area contributed by atoms with E-state index in [2.05, 4.69) is 15.2 Å². The van der Waals surface area contributed by atoms with Crippen molar-refractivity contribution < 1.29 is 12.8 Å². The van der Waals surface area contributed by atoms with Crippen molar-refractivity contribution in [1.29, 1.82) is 0 Å². The summed E-state index contributed by atoms with van der Waals surface area (Å²) < 4.78 is 38.1. The zero-order chi connectivity index (χ0) is 17.0. The fourth-order valence-electron chi connectivity index (χ4n) is 2.07. The summed E-state index contributed by atoms with van der Waals surface area (Å²) in [4.78, 5) is 4.49. The second kappa shape index (κ2) is 7.14. The van der Waals surface area contributed by atoms with Crippen LogP contribution >= 0.6 is 11.8 Å². The first-order chi connectivity index (χ1) is 11.6. The summed E-state index contributed by atoms with van der Waals surface area (Å²) in [5.41, 5.74) is 0.328. The van der Waals surface area contributed by atoms with Gasteiger partial charge in [0.1, 0.15) is 5.82 Å². The van der Waals surface area contributed by atoms with Crippen molar-refractivity contribution in [3.8, 4) is 11.4 Å². The largest absolute Gasteiger partial charge is 0.258 e. The van der Waals surface area contributed by atoms with Gasteiger partial charge in [0.15, 0.2) is 15.7 Å². The van der Waals surface area contributed by atoms with E-state index in [0.717, 1.165) is 0 Å². The molecule has 1 heterocycles. The van der Waals surface area contributed by atoms with Gasteiger partial charge in [0, 0.05) is 5.75 Å². The molecule has 1 N–H and O–H groups in total. The van der Waals surface area contributed by atoms with E-state index in [-0.39, 0.29) is 5.75 Å². The van der Waals surface area contributed by atoms with Crippen LogP contribution in [0.15, 0.2) is 64.6 Å². The molecule has 5 nitrogen and oxygen atoms in total.